The summed E-state index contributed by atoms with van der Waals surface area (Å²) in [4.78, 5) is 8.10. The minimum absolute atomic E-state index is 0. The Morgan fingerprint density at radius 1 is 1.67 bits per heavy atom. The third kappa shape index (κ3) is 12.1. The maximum atomic E-state index is 9.84. The van der Waals surface area contributed by atoms with Crippen LogP contribution in [0.3, 0.4) is 0 Å². The van der Waals surface area contributed by atoms with Gasteiger partial charge in [-0.25, -0.2) is 0 Å². The average Bonchev–Trinajstić information content (AvgIpc) is 1.66. The van der Waals surface area contributed by atoms with Crippen molar-refractivity contribution in [3.05, 3.63) is 0 Å². The summed E-state index contributed by atoms with van der Waals surface area (Å²) in [6, 6.07) is 0. The molecule has 0 heterocycles. The van der Waals surface area contributed by atoms with Crippen LogP contribution in [-0.2, 0) is 30.2 Å². The Hall–Kier alpha value is 0.838. The fourth-order valence-corrected chi connectivity index (χ4v) is 0.623. The van der Waals surface area contributed by atoms with Crippen LogP contribution in [-0.4, -0.2) is 11.5 Å². The molecular formula is C4H11MoO3P. The summed E-state index contributed by atoms with van der Waals surface area (Å²) in [5, 5.41) is 0. The van der Waals surface area contributed by atoms with Gasteiger partial charge in [-0.05, 0) is 6.42 Å². The van der Waals surface area contributed by atoms with Crippen molar-refractivity contribution >= 4 is 8.25 Å². The number of hydrogen-bond acceptors (Lipinski definition) is 2. The van der Waals surface area contributed by atoms with E-state index in [4.69, 9.17) is 4.89 Å². The third-order valence-electron chi connectivity index (χ3n) is 0.723. The van der Waals surface area contributed by atoms with Gasteiger partial charge in [-0.3, -0.25) is 4.57 Å². The first-order valence-corrected chi connectivity index (χ1v) is 3.89. The monoisotopic (exact) mass is 236 g/mol. The minimum atomic E-state index is -2.66. The molecule has 56 valence electrons. The van der Waals surface area contributed by atoms with Gasteiger partial charge in [-0.2, -0.15) is 0 Å². The molecule has 0 aliphatic carbocycles. The summed E-state index contributed by atoms with van der Waals surface area (Å²) in [5.74, 6) is 0. The molecule has 0 amide bonds. The molecule has 1 atom stereocenters. The van der Waals surface area contributed by atoms with Gasteiger partial charge in [0.1, 0.15) is 0 Å². The maximum Gasteiger partial charge on any atom is 0.316 e. The molecule has 3 nitrogen and oxygen atoms in total. The van der Waals surface area contributed by atoms with Crippen molar-refractivity contribution in [2.45, 2.75) is 19.8 Å². The molecule has 0 aromatic heterocycles. The molecule has 0 aliphatic rings. The fourth-order valence-electron chi connectivity index (χ4n) is 0.304. The van der Waals surface area contributed by atoms with Crippen molar-refractivity contribution in [3.63, 3.8) is 0 Å². The van der Waals surface area contributed by atoms with E-state index in [1.807, 2.05) is 6.92 Å². The molecule has 0 bridgehead atoms. The smallest absolute Gasteiger partial charge is 0.316 e. The zero-order valence-electron chi connectivity index (χ0n) is 5.29. The summed E-state index contributed by atoms with van der Waals surface area (Å²) < 4.78 is 14.2. The molecule has 0 fully saturated rings. The molecule has 0 aliphatic heterocycles. The molecule has 0 aromatic rings. The Bertz CT molecular complexity index is 78.2. The van der Waals surface area contributed by atoms with Crippen LogP contribution in [0.2, 0.25) is 0 Å². The largest absolute Gasteiger partial charge is 0.326 e. The van der Waals surface area contributed by atoms with Crippen molar-refractivity contribution in [1.82, 2.24) is 0 Å². The zero-order chi connectivity index (χ0) is 6.41. The molecule has 0 saturated heterocycles. The van der Waals surface area contributed by atoms with Crippen molar-refractivity contribution < 1.29 is 35.0 Å². The topological polar surface area (TPSA) is 46.5 Å². The Morgan fingerprint density at radius 2 is 2.22 bits per heavy atom. The summed E-state index contributed by atoms with van der Waals surface area (Å²) in [6.07, 6.45) is 1.85. The summed E-state index contributed by atoms with van der Waals surface area (Å²) in [6.45, 7) is 2.41. The van der Waals surface area contributed by atoms with Crippen molar-refractivity contribution in [1.29, 1.82) is 0 Å². The third-order valence-corrected chi connectivity index (χ3v) is 1.17. The Morgan fingerprint density at radius 3 is 2.56 bits per heavy atom. The van der Waals surface area contributed by atoms with Crippen molar-refractivity contribution in [2.24, 2.45) is 0 Å². The fraction of sp³-hybridized carbons (Fsp3) is 1.00. The van der Waals surface area contributed by atoms with Crippen LogP contribution in [0, 0.1) is 0 Å². The summed E-state index contributed by atoms with van der Waals surface area (Å²) >= 11 is 0. The predicted molar refractivity (Wildman–Crippen MR) is 32.1 cm³/mol. The maximum absolute atomic E-state index is 9.84. The van der Waals surface area contributed by atoms with E-state index < -0.39 is 8.25 Å². The molecule has 0 radical (unpaired) electrons. The Labute approximate surface area is 70.0 Å². The van der Waals surface area contributed by atoms with Crippen LogP contribution in [0.1, 0.15) is 19.8 Å². The SMILES string of the molecule is CCCCO[PH](=O)O.[Mo]. The van der Waals surface area contributed by atoms with E-state index in [2.05, 4.69) is 4.52 Å². The van der Waals surface area contributed by atoms with E-state index in [-0.39, 0.29) is 21.1 Å². The van der Waals surface area contributed by atoms with Gasteiger partial charge in [0.05, 0.1) is 6.61 Å². The van der Waals surface area contributed by atoms with Crippen LogP contribution >= 0.6 is 8.25 Å². The number of rotatable bonds is 4. The van der Waals surface area contributed by atoms with Gasteiger partial charge in [0.15, 0.2) is 0 Å². The van der Waals surface area contributed by atoms with Crippen LogP contribution in [0.4, 0.5) is 0 Å². The molecular weight excluding hydrogens is 223 g/mol. The van der Waals surface area contributed by atoms with Gasteiger partial charge >= 0.3 is 8.25 Å². The Kier molecular flexibility index (Phi) is 12.3. The number of unbranched alkanes of at least 4 members (excludes halogenated alkanes) is 1. The second-order valence-corrected chi connectivity index (χ2v) is 2.29. The zero-order valence-corrected chi connectivity index (χ0v) is 8.30. The quantitative estimate of drug-likeness (QED) is 0.451. The molecule has 1 N–H and O–H groups in total. The standard InChI is InChI=1S/C4H11O3P.Mo/c1-2-3-4-7-8(5)6;/h8H,2-4H2,1H3,(H,5,6);. The number of hydrogen-bond donors (Lipinski definition) is 1. The first-order chi connectivity index (χ1) is 3.77. The molecule has 0 saturated carbocycles. The molecule has 1 unspecified atom stereocenters. The van der Waals surface area contributed by atoms with Crippen LogP contribution in [0.5, 0.6) is 0 Å². The normalized spacial score (nSPS) is 12.2. The minimum Gasteiger partial charge on any atom is -0.326 e. The first kappa shape index (κ1) is 12.5. The van der Waals surface area contributed by atoms with Gasteiger partial charge in [0, 0.05) is 21.1 Å². The molecule has 5 heteroatoms. The molecule has 0 spiro atoms. The van der Waals surface area contributed by atoms with E-state index in [0.717, 1.165) is 12.8 Å². The summed E-state index contributed by atoms with van der Waals surface area (Å²) in [7, 11) is -2.66. The van der Waals surface area contributed by atoms with Gasteiger partial charge < -0.3 is 9.42 Å². The average molecular weight is 234 g/mol. The van der Waals surface area contributed by atoms with Gasteiger partial charge in [-0.1, -0.05) is 13.3 Å². The van der Waals surface area contributed by atoms with Gasteiger partial charge in [0.25, 0.3) is 0 Å². The predicted octanol–water partition coefficient (Wildman–Crippen LogP) is 1.18. The van der Waals surface area contributed by atoms with E-state index in [1.165, 1.54) is 0 Å². The van der Waals surface area contributed by atoms with Crippen LogP contribution in [0.25, 0.3) is 0 Å². The molecule has 0 aromatic carbocycles. The second-order valence-electron chi connectivity index (χ2n) is 1.47. The van der Waals surface area contributed by atoms with E-state index in [0.29, 0.717) is 6.61 Å². The van der Waals surface area contributed by atoms with Crippen molar-refractivity contribution in [3.8, 4) is 0 Å². The van der Waals surface area contributed by atoms with Crippen LogP contribution < -0.4 is 0 Å². The van der Waals surface area contributed by atoms with E-state index in [9.17, 15) is 4.57 Å². The van der Waals surface area contributed by atoms with Crippen LogP contribution in [0.15, 0.2) is 0 Å². The molecule has 0 rings (SSSR count). The van der Waals surface area contributed by atoms with Crippen molar-refractivity contribution in [2.75, 3.05) is 6.61 Å². The van der Waals surface area contributed by atoms with E-state index in [1.54, 1.807) is 0 Å². The first-order valence-electron chi connectivity index (χ1n) is 2.63. The summed E-state index contributed by atoms with van der Waals surface area (Å²) in [5.41, 5.74) is 0. The van der Waals surface area contributed by atoms with Gasteiger partial charge in [-0.15, -0.1) is 0 Å². The van der Waals surface area contributed by atoms with E-state index >= 15 is 0 Å². The van der Waals surface area contributed by atoms with Gasteiger partial charge in [0.2, 0.25) is 0 Å². The Balaban J connectivity index is 0. The second kappa shape index (κ2) is 8.84. The molecule has 9 heavy (non-hydrogen) atoms.